The predicted molar refractivity (Wildman–Crippen MR) is 118 cm³/mol. The SMILES string of the molecule is CN(c1ccccc1)c1cc(-c2ccccc2)nc(NCCN2CCOCC2)n1. The molecule has 0 radical (unpaired) electrons. The van der Waals surface area contributed by atoms with Gasteiger partial charge in [-0.3, -0.25) is 4.90 Å². The Balaban J connectivity index is 1.56. The van der Waals surface area contributed by atoms with Gasteiger partial charge in [0.15, 0.2) is 0 Å². The van der Waals surface area contributed by atoms with Gasteiger partial charge in [0.05, 0.1) is 18.9 Å². The molecule has 1 aliphatic rings. The second kappa shape index (κ2) is 9.49. The molecule has 2 heterocycles. The molecule has 6 nitrogen and oxygen atoms in total. The van der Waals surface area contributed by atoms with Gasteiger partial charge in [0, 0.05) is 50.5 Å². The van der Waals surface area contributed by atoms with Gasteiger partial charge in [-0.2, -0.15) is 4.98 Å². The molecule has 0 atom stereocenters. The molecule has 0 spiro atoms. The van der Waals surface area contributed by atoms with E-state index in [1.165, 1.54) is 0 Å². The Kier molecular flexibility index (Phi) is 6.34. The molecule has 1 N–H and O–H groups in total. The van der Waals surface area contributed by atoms with Crippen molar-refractivity contribution >= 4 is 17.5 Å². The van der Waals surface area contributed by atoms with Crippen molar-refractivity contribution < 1.29 is 4.74 Å². The molecule has 2 aromatic carbocycles. The van der Waals surface area contributed by atoms with E-state index < -0.39 is 0 Å². The Bertz CT molecular complexity index is 898. The minimum absolute atomic E-state index is 0.650. The van der Waals surface area contributed by atoms with E-state index in [9.17, 15) is 0 Å². The Morgan fingerprint density at radius 1 is 0.966 bits per heavy atom. The lowest BCUT2D eigenvalue weighted by molar-refractivity contribution is 0.0398. The minimum Gasteiger partial charge on any atom is -0.379 e. The van der Waals surface area contributed by atoms with Gasteiger partial charge >= 0.3 is 0 Å². The third-order valence-electron chi connectivity index (χ3n) is 5.08. The molecule has 29 heavy (non-hydrogen) atoms. The lowest BCUT2D eigenvalue weighted by Gasteiger charge is -2.26. The van der Waals surface area contributed by atoms with Gasteiger partial charge in [-0.25, -0.2) is 4.98 Å². The van der Waals surface area contributed by atoms with Crippen molar-refractivity contribution in [2.45, 2.75) is 0 Å². The van der Waals surface area contributed by atoms with E-state index in [1.807, 2.05) is 49.5 Å². The summed E-state index contributed by atoms with van der Waals surface area (Å²) in [6.45, 7) is 5.33. The van der Waals surface area contributed by atoms with Crippen LogP contribution in [-0.2, 0) is 4.74 Å². The van der Waals surface area contributed by atoms with Crippen LogP contribution >= 0.6 is 0 Å². The number of anilines is 3. The summed E-state index contributed by atoms with van der Waals surface area (Å²) >= 11 is 0. The fourth-order valence-corrected chi connectivity index (χ4v) is 3.38. The van der Waals surface area contributed by atoms with Crippen LogP contribution in [0.15, 0.2) is 66.7 Å². The van der Waals surface area contributed by atoms with Gasteiger partial charge in [0.2, 0.25) is 5.95 Å². The molecule has 1 saturated heterocycles. The van der Waals surface area contributed by atoms with Crippen LogP contribution in [0.25, 0.3) is 11.3 Å². The van der Waals surface area contributed by atoms with Gasteiger partial charge in [0.1, 0.15) is 5.82 Å². The van der Waals surface area contributed by atoms with Crippen LogP contribution < -0.4 is 10.2 Å². The van der Waals surface area contributed by atoms with Crippen molar-refractivity contribution in [3.63, 3.8) is 0 Å². The van der Waals surface area contributed by atoms with Crippen LogP contribution in [0.4, 0.5) is 17.5 Å². The maximum absolute atomic E-state index is 5.42. The van der Waals surface area contributed by atoms with E-state index in [2.05, 4.69) is 39.4 Å². The number of nitrogens with one attached hydrogen (secondary N) is 1. The van der Waals surface area contributed by atoms with Gasteiger partial charge in [-0.15, -0.1) is 0 Å². The van der Waals surface area contributed by atoms with Gasteiger partial charge in [-0.1, -0.05) is 48.5 Å². The lowest BCUT2D eigenvalue weighted by Crippen LogP contribution is -2.39. The van der Waals surface area contributed by atoms with Crippen molar-refractivity contribution in [3.8, 4) is 11.3 Å². The number of hydrogen-bond donors (Lipinski definition) is 1. The summed E-state index contributed by atoms with van der Waals surface area (Å²) in [5, 5.41) is 3.42. The van der Waals surface area contributed by atoms with Crippen molar-refractivity contribution in [3.05, 3.63) is 66.7 Å². The van der Waals surface area contributed by atoms with Gasteiger partial charge < -0.3 is 15.0 Å². The molecule has 0 amide bonds. The number of ether oxygens (including phenoxy) is 1. The lowest BCUT2D eigenvalue weighted by atomic mass is 10.1. The third kappa shape index (κ3) is 5.10. The first kappa shape index (κ1) is 19.4. The number of nitrogens with zero attached hydrogens (tertiary/aromatic N) is 4. The molecule has 0 unspecified atom stereocenters. The Morgan fingerprint density at radius 3 is 2.38 bits per heavy atom. The highest BCUT2D eigenvalue weighted by molar-refractivity contribution is 5.68. The quantitative estimate of drug-likeness (QED) is 0.666. The van der Waals surface area contributed by atoms with Crippen LogP contribution in [0.2, 0.25) is 0 Å². The monoisotopic (exact) mass is 389 g/mol. The molecule has 6 heteroatoms. The molecule has 0 saturated carbocycles. The molecule has 1 aliphatic heterocycles. The maximum atomic E-state index is 5.42. The number of rotatable bonds is 7. The fraction of sp³-hybridized carbons (Fsp3) is 0.304. The second-order valence-electron chi connectivity index (χ2n) is 7.08. The van der Waals surface area contributed by atoms with E-state index in [-0.39, 0.29) is 0 Å². The van der Waals surface area contributed by atoms with E-state index >= 15 is 0 Å². The molecule has 4 rings (SSSR count). The Labute approximate surface area is 172 Å². The van der Waals surface area contributed by atoms with E-state index in [1.54, 1.807) is 0 Å². The summed E-state index contributed by atoms with van der Waals surface area (Å²) in [6, 6.07) is 22.5. The van der Waals surface area contributed by atoms with E-state index in [0.717, 1.165) is 62.2 Å². The molecule has 0 bridgehead atoms. The first-order chi connectivity index (χ1) is 14.3. The molecule has 3 aromatic rings. The largest absolute Gasteiger partial charge is 0.379 e. The zero-order valence-electron chi connectivity index (χ0n) is 16.8. The Morgan fingerprint density at radius 2 is 1.66 bits per heavy atom. The summed E-state index contributed by atoms with van der Waals surface area (Å²) in [6.07, 6.45) is 0. The van der Waals surface area contributed by atoms with E-state index in [4.69, 9.17) is 14.7 Å². The average Bonchev–Trinajstić information content (AvgIpc) is 2.80. The maximum Gasteiger partial charge on any atom is 0.225 e. The van der Waals surface area contributed by atoms with Gasteiger partial charge in [0.25, 0.3) is 0 Å². The normalized spacial score (nSPS) is 14.5. The van der Waals surface area contributed by atoms with Crippen molar-refractivity contribution in [2.75, 3.05) is 56.7 Å². The van der Waals surface area contributed by atoms with Crippen LogP contribution in [0.3, 0.4) is 0 Å². The highest BCUT2D eigenvalue weighted by atomic mass is 16.5. The first-order valence-corrected chi connectivity index (χ1v) is 10.1. The number of aromatic nitrogens is 2. The molecule has 0 aliphatic carbocycles. The summed E-state index contributed by atoms with van der Waals surface area (Å²) in [4.78, 5) is 14.0. The first-order valence-electron chi connectivity index (χ1n) is 10.1. The van der Waals surface area contributed by atoms with Crippen molar-refractivity contribution in [2.24, 2.45) is 0 Å². The topological polar surface area (TPSA) is 53.5 Å². The minimum atomic E-state index is 0.650. The number of benzene rings is 2. The smallest absolute Gasteiger partial charge is 0.225 e. The average molecular weight is 390 g/mol. The zero-order chi connectivity index (χ0) is 19.9. The molecule has 150 valence electrons. The summed E-state index contributed by atoms with van der Waals surface area (Å²) < 4.78 is 5.42. The molecular weight excluding hydrogens is 362 g/mol. The van der Waals surface area contributed by atoms with E-state index in [0.29, 0.717) is 5.95 Å². The summed E-state index contributed by atoms with van der Waals surface area (Å²) in [5.41, 5.74) is 3.07. The highest BCUT2D eigenvalue weighted by Crippen LogP contribution is 2.27. The highest BCUT2D eigenvalue weighted by Gasteiger charge is 2.13. The standard InChI is InChI=1S/C23H27N5O/c1-27(20-10-6-3-7-11-20)22-18-21(19-8-4-2-5-9-19)25-23(26-22)24-12-13-28-14-16-29-17-15-28/h2-11,18H,12-17H2,1H3,(H,24,25,26). The zero-order valence-corrected chi connectivity index (χ0v) is 16.8. The second-order valence-corrected chi connectivity index (χ2v) is 7.08. The fourth-order valence-electron chi connectivity index (χ4n) is 3.38. The van der Waals surface area contributed by atoms with Crippen LogP contribution in [0, 0.1) is 0 Å². The third-order valence-corrected chi connectivity index (χ3v) is 5.08. The Hall–Kier alpha value is -2.96. The number of para-hydroxylation sites is 1. The van der Waals surface area contributed by atoms with Crippen LogP contribution in [0.5, 0.6) is 0 Å². The van der Waals surface area contributed by atoms with Gasteiger partial charge in [-0.05, 0) is 12.1 Å². The summed E-state index contributed by atoms with van der Waals surface area (Å²) in [7, 11) is 2.03. The number of hydrogen-bond acceptors (Lipinski definition) is 6. The summed E-state index contributed by atoms with van der Waals surface area (Å²) in [5.74, 6) is 1.51. The van der Waals surface area contributed by atoms with Crippen LogP contribution in [0.1, 0.15) is 0 Å². The number of morpholine rings is 1. The molecule has 1 fully saturated rings. The molecule has 1 aromatic heterocycles. The predicted octanol–water partition coefficient (Wildman–Crippen LogP) is 3.66. The van der Waals surface area contributed by atoms with Crippen molar-refractivity contribution in [1.29, 1.82) is 0 Å². The molecular formula is C23H27N5O. The van der Waals surface area contributed by atoms with Crippen molar-refractivity contribution in [1.82, 2.24) is 14.9 Å². The van der Waals surface area contributed by atoms with Crippen LogP contribution in [-0.4, -0.2) is 61.3 Å².